The molecule has 2 rings (SSSR count). The quantitative estimate of drug-likeness (QED) is 0.922. The van der Waals surface area contributed by atoms with E-state index in [-0.39, 0.29) is 11.9 Å². The molecule has 2 aromatic heterocycles. The molecule has 4 nitrogen and oxygen atoms in total. The van der Waals surface area contributed by atoms with Gasteiger partial charge >= 0.3 is 0 Å². The zero-order chi connectivity index (χ0) is 15.6. The molecule has 0 saturated heterocycles. The molecule has 114 valence electrons. The number of carbonyl (C=O) groups is 1. The van der Waals surface area contributed by atoms with Gasteiger partial charge in [-0.15, -0.1) is 11.3 Å². The van der Waals surface area contributed by atoms with E-state index in [1.165, 1.54) is 10.4 Å². The van der Waals surface area contributed by atoms with Gasteiger partial charge in [0.05, 0.1) is 11.6 Å². The van der Waals surface area contributed by atoms with Gasteiger partial charge < -0.3 is 14.8 Å². The van der Waals surface area contributed by atoms with E-state index in [0.29, 0.717) is 6.54 Å². The van der Waals surface area contributed by atoms with E-state index < -0.39 is 0 Å². The molecule has 5 heteroatoms. The fourth-order valence-corrected chi connectivity index (χ4v) is 3.49. The molecule has 0 saturated carbocycles. The first kappa shape index (κ1) is 15.8. The van der Waals surface area contributed by atoms with Crippen LogP contribution in [0.3, 0.4) is 0 Å². The van der Waals surface area contributed by atoms with Crippen LogP contribution in [0.5, 0.6) is 0 Å². The van der Waals surface area contributed by atoms with Crippen molar-refractivity contribution in [3.8, 4) is 0 Å². The number of nitrogens with one attached hydrogen (secondary N) is 1. The van der Waals surface area contributed by atoms with Crippen molar-refractivity contribution < 1.29 is 4.79 Å². The van der Waals surface area contributed by atoms with Gasteiger partial charge in [0.25, 0.3) is 5.91 Å². The zero-order valence-electron chi connectivity index (χ0n) is 13.3. The van der Waals surface area contributed by atoms with Crippen LogP contribution in [0, 0.1) is 13.8 Å². The summed E-state index contributed by atoms with van der Waals surface area (Å²) in [6.07, 6.45) is 1.91. The summed E-state index contributed by atoms with van der Waals surface area (Å²) in [6, 6.07) is 4.20. The van der Waals surface area contributed by atoms with Crippen molar-refractivity contribution in [1.29, 1.82) is 0 Å². The van der Waals surface area contributed by atoms with Crippen LogP contribution in [0.1, 0.15) is 32.5 Å². The lowest BCUT2D eigenvalue weighted by Crippen LogP contribution is -2.34. The maximum absolute atomic E-state index is 12.3. The van der Waals surface area contributed by atoms with E-state index in [1.807, 2.05) is 44.9 Å². The Hall–Kier alpha value is -1.59. The predicted molar refractivity (Wildman–Crippen MR) is 88.0 cm³/mol. The van der Waals surface area contributed by atoms with Gasteiger partial charge in [-0.2, -0.15) is 0 Å². The highest BCUT2D eigenvalue weighted by molar-refractivity contribution is 7.10. The minimum Gasteiger partial charge on any atom is -0.354 e. The Morgan fingerprint density at radius 2 is 2.10 bits per heavy atom. The number of aromatic nitrogens is 1. The average molecular weight is 305 g/mol. The van der Waals surface area contributed by atoms with E-state index in [4.69, 9.17) is 0 Å². The number of nitrogens with zero attached hydrogens (tertiary/aromatic N) is 2. The average Bonchev–Trinajstić information content (AvgIpc) is 2.98. The van der Waals surface area contributed by atoms with Gasteiger partial charge in [-0.1, -0.05) is 0 Å². The third-order valence-electron chi connectivity index (χ3n) is 3.91. The molecular weight excluding hydrogens is 282 g/mol. The van der Waals surface area contributed by atoms with Gasteiger partial charge in [0.2, 0.25) is 0 Å². The Morgan fingerprint density at radius 3 is 2.57 bits per heavy atom. The summed E-state index contributed by atoms with van der Waals surface area (Å²) < 4.78 is 1.96. The summed E-state index contributed by atoms with van der Waals surface area (Å²) in [4.78, 5) is 15.8. The molecular formula is C16H23N3OS. The number of likely N-dealkylation sites (N-methyl/N-ethyl adjacent to an activating group) is 1. The monoisotopic (exact) mass is 305 g/mol. The lowest BCUT2D eigenvalue weighted by molar-refractivity contribution is 0.0941. The number of hydrogen-bond acceptors (Lipinski definition) is 3. The van der Waals surface area contributed by atoms with Crippen LogP contribution in [-0.4, -0.2) is 36.0 Å². The molecule has 1 amide bonds. The minimum atomic E-state index is -0.00541. The van der Waals surface area contributed by atoms with Crippen molar-refractivity contribution in [2.75, 3.05) is 20.6 Å². The van der Waals surface area contributed by atoms with Gasteiger partial charge in [0.15, 0.2) is 0 Å². The predicted octanol–water partition coefficient (Wildman–Crippen LogP) is 2.74. The SMILES string of the molecule is Cc1ccsc1[C@H](CNC(=O)c1ccn(C)c1C)N(C)C. The van der Waals surface area contributed by atoms with E-state index in [9.17, 15) is 4.79 Å². The molecule has 1 N–H and O–H groups in total. The van der Waals surface area contributed by atoms with Crippen molar-refractivity contribution in [3.63, 3.8) is 0 Å². The Morgan fingerprint density at radius 1 is 1.38 bits per heavy atom. The van der Waals surface area contributed by atoms with Crippen molar-refractivity contribution in [3.05, 3.63) is 45.4 Å². The van der Waals surface area contributed by atoms with Crippen LogP contribution >= 0.6 is 11.3 Å². The Bertz CT molecular complexity index is 627. The van der Waals surface area contributed by atoms with Crippen LogP contribution in [0.2, 0.25) is 0 Å². The van der Waals surface area contributed by atoms with E-state index in [0.717, 1.165) is 11.3 Å². The number of hydrogen-bond donors (Lipinski definition) is 1. The highest BCUT2D eigenvalue weighted by atomic mass is 32.1. The molecule has 2 heterocycles. The van der Waals surface area contributed by atoms with Gasteiger partial charge in [0, 0.05) is 30.4 Å². The lowest BCUT2D eigenvalue weighted by atomic mass is 10.1. The molecule has 21 heavy (non-hydrogen) atoms. The molecule has 0 aliphatic rings. The Balaban J connectivity index is 2.08. The molecule has 0 aliphatic heterocycles. The standard InChI is InChI=1S/C16H23N3OS/c1-11-7-9-21-15(11)14(18(3)4)10-17-16(20)13-6-8-19(5)12(13)2/h6-9,14H,10H2,1-5H3,(H,17,20)/t14-/m0/s1. The zero-order valence-corrected chi connectivity index (χ0v) is 14.1. The second-order valence-corrected chi connectivity index (χ2v) is 6.53. The minimum absolute atomic E-state index is 0.00541. The summed E-state index contributed by atoms with van der Waals surface area (Å²) in [5.41, 5.74) is 3.02. The molecule has 2 aromatic rings. The number of carbonyl (C=O) groups excluding carboxylic acids is 1. The largest absolute Gasteiger partial charge is 0.354 e. The molecule has 0 aromatic carbocycles. The summed E-state index contributed by atoms with van der Waals surface area (Å²) in [6.45, 7) is 4.69. The first-order chi connectivity index (χ1) is 9.91. The highest BCUT2D eigenvalue weighted by Gasteiger charge is 2.19. The fraction of sp³-hybridized carbons (Fsp3) is 0.438. The summed E-state index contributed by atoms with van der Waals surface area (Å²) in [5, 5.41) is 5.16. The van der Waals surface area contributed by atoms with Crippen molar-refractivity contribution >= 4 is 17.2 Å². The first-order valence-corrected chi connectivity index (χ1v) is 7.90. The van der Waals surface area contributed by atoms with Gasteiger partial charge in [-0.3, -0.25) is 4.79 Å². The maximum Gasteiger partial charge on any atom is 0.253 e. The molecule has 1 atom stereocenters. The van der Waals surface area contributed by atoms with Gasteiger partial charge in [0.1, 0.15) is 0 Å². The van der Waals surface area contributed by atoms with Crippen LogP contribution in [0.4, 0.5) is 0 Å². The highest BCUT2D eigenvalue weighted by Crippen LogP contribution is 2.26. The maximum atomic E-state index is 12.3. The van der Waals surface area contributed by atoms with E-state index in [1.54, 1.807) is 11.3 Å². The first-order valence-electron chi connectivity index (χ1n) is 7.02. The van der Waals surface area contributed by atoms with Crippen LogP contribution in [-0.2, 0) is 7.05 Å². The molecule has 0 aliphatic carbocycles. The summed E-state index contributed by atoms with van der Waals surface area (Å²) in [7, 11) is 6.04. The number of amides is 1. The molecule has 0 radical (unpaired) electrons. The number of thiophene rings is 1. The van der Waals surface area contributed by atoms with Crippen molar-refractivity contribution in [2.24, 2.45) is 7.05 Å². The number of aryl methyl sites for hydroxylation is 2. The smallest absolute Gasteiger partial charge is 0.253 e. The van der Waals surface area contributed by atoms with Gasteiger partial charge in [-0.25, -0.2) is 0 Å². The van der Waals surface area contributed by atoms with Crippen LogP contribution < -0.4 is 5.32 Å². The molecule has 0 unspecified atom stereocenters. The van der Waals surface area contributed by atoms with Gasteiger partial charge in [-0.05, 0) is 51.0 Å². The van der Waals surface area contributed by atoms with E-state index >= 15 is 0 Å². The molecule has 0 spiro atoms. The fourth-order valence-electron chi connectivity index (χ4n) is 2.37. The molecule has 0 fully saturated rings. The molecule has 0 bridgehead atoms. The Labute approximate surface area is 130 Å². The normalized spacial score (nSPS) is 12.7. The topological polar surface area (TPSA) is 37.3 Å². The number of rotatable bonds is 5. The lowest BCUT2D eigenvalue weighted by Gasteiger charge is -2.24. The second kappa shape index (κ2) is 6.45. The van der Waals surface area contributed by atoms with Crippen molar-refractivity contribution in [2.45, 2.75) is 19.9 Å². The van der Waals surface area contributed by atoms with E-state index in [2.05, 4.69) is 28.6 Å². The third-order valence-corrected chi connectivity index (χ3v) is 5.03. The van der Waals surface area contributed by atoms with Crippen molar-refractivity contribution in [1.82, 2.24) is 14.8 Å². The Kier molecular flexibility index (Phi) is 4.85. The second-order valence-electron chi connectivity index (χ2n) is 5.58. The van der Waals surface area contributed by atoms with Crippen LogP contribution in [0.15, 0.2) is 23.7 Å². The summed E-state index contributed by atoms with van der Waals surface area (Å²) >= 11 is 1.74. The third kappa shape index (κ3) is 3.36. The van der Waals surface area contributed by atoms with Crippen LogP contribution in [0.25, 0.3) is 0 Å². The summed E-state index contributed by atoms with van der Waals surface area (Å²) in [5.74, 6) is -0.00541.